The number of carbonyl (C=O) groups is 3. The molecule has 1 aromatic carbocycles. The predicted octanol–water partition coefficient (Wildman–Crippen LogP) is -0.00200. The molecule has 0 bridgehead atoms. The number of amides is 2. The third kappa shape index (κ3) is 3.35. The number of cyclic esters (lactones) is 1. The number of carbonyl (C=O) groups excluding carboxylic acids is 3. The summed E-state index contributed by atoms with van der Waals surface area (Å²) in [4.78, 5) is 48.0. The van der Waals surface area contributed by atoms with Crippen LogP contribution in [0.4, 0.5) is 4.79 Å². The van der Waals surface area contributed by atoms with Crippen LogP contribution in [0.1, 0.15) is 5.69 Å². The predicted molar refractivity (Wildman–Crippen MR) is 84.7 cm³/mol. The van der Waals surface area contributed by atoms with Crippen molar-refractivity contribution >= 4 is 28.7 Å². The van der Waals surface area contributed by atoms with Crippen LogP contribution < -0.4 is 5.56 Å². The molecule has 2 amide bonds. The van der Waals surface area contributed by atoms with Crippen molar-refractivity contribution < 1.29 is 23.9 Å². The second-order valence-corrected chi connectivity index (χ2v) is 5.42. The molecule has 9 nitrogen and oxygen atoms in total. The summed E-state index contributed by atoms with van der Waals surface area (Å²) < 4.78 is 10.7. The zero-order valence-corrected chi connectivity index (χ0v) is 13.4. The molecular formula is C16H15N3O6. The molecule has 0 aliphatic carbocycles. The summed E-state index contributed by atoms with van der Waals surface area (Å²) in [6, 6.07) is 6.80. The number of aromatic nitrogens is 2. The van der Waals surface area contributed by atoms with Gasteiger partial charge in [0.1, 0.15) is 6.61 Å². The fourth-order valence-electron chi connectivity index (χ4n) is 2.53. The number of benzene rings is 1. The highest BCUT2D eigenvalue weighted by molar-refractivity contribution is 5.94. The zero-order valence-electron chi connectivity index (χ0n) is 13.4. The van der Waals surface area contributed by atoms with Crippen LogP contribution in [0.5, 0.6) is 0 Å². The molecule has 0 saturated carbocycles. The fraction of sp³-hybridized carbons (Fsp3) is 0.312. The number of hydrogen-bond donors (Lipinski definition) is 0. The van der Waals surface area contributed by atoms with Crippen LogP contribution in [-0.2, 0) is 32.5 Å². The third-order valence-electron chi connectivity index (χ3n) is 3.76. The molecule has 25 heavy (non-hydrogen) atoms. The SMILES string of the molecule is Cn1nc(CC(=O)OCC(=O)N2CCOC2=O)c2ccccc2c1=O. The summed E-state index contributed by atoms with van der Waals surface area (Å²) in [5.41, 5.74) is 0.103. The molecular weight excluding hydrogens is 330 g/mol. The lowest BCUT2D eigenvalue weighted by atomic mass is 10.1. The highest BCUT2D eigenvalue weighted by atomic mass is 16.6. The summed E-state index contributed by atoms with van der Waals surface area (Å²) in [6.45, 7) is -0.285. The highest BCUT2D eigenvalue weighted by Gasteiger charge is 2.29. The lowest BCUT2D eigenvalue weighted by Crippen LogP contribution is -2.35. The number of hydrogen-bond acceptors (Lipinski definition) is 7. The van der Waals surface area contributed by atoms with Crippen molar-refractivity contribution in [1.29, 1.82) is 0 Å². The Balaban J connectivity index is 1.70. The van der Waals surface area contributed by atoms with Crippen molar-refractivity contribution in [3.63, 3.8) is 0 Å². The average Bonchev–Trinajstić information content (AvgIpc) is 3.03. The number of rotatable bonds is 4. The molecule has 2 heterocycles. The van der Waals surface area contributed by atoms with Gasteiger partial charge in [-0.25, -0.2) is 14.4 Å². The number of ether oxygens (including phenoxy) is 2. The van der Waals surface area contributed by atoms with Gasteiger partial charge in [-0.1, -0.05) is 18.2 Å². The van der Waals surface area contributed by atoms with Gasteiger partial charge in [0.15, 0.2) is 6.61 Å². The van der Waals surface area contributed by atoms with Crippen molar-refractivity contribution in [3.8, 4) is 0 Å². The largest absolute Gasteiger partial charge is 0.455 e. The van der Waals surface area contributed by atoms with E-state index in [1.807, 2.05) is 0 Å². The normalized spacial score (nSPS) is 13.8. The van der Waals surface area contributed by atoms with Crippen LogP contribution >= 0.6 is 0 Å². The third-order valence-corrected chi connectivity index (χ3v) is 3.76. The quantitative estimate of drug-likeness (QED) is 0.718. The molecule has 1 aliphatic heterocycles. The second-order valence-electron chi connectivity index (χ2n) is 5.42. The van der Waals surface area contributed by atoms with Crippen LogP contribution in [0.25, 0.3) is 10.8 Å². The number of imide groups is 1. The molecule has 0 N–H and O–H groups in total. The smallest absolute Gasteiger partial charge is 0.416 e. The average molecular weight is 345 g/mol. The first-order chi connectivity index (χ1) is 12.0. The molecule has 0 atom stereocenters. The van der Waals surface area contributed by atoms with Gasteiger partial charge in [0.25, 0.3) is 11.5 Å². The minimum atomic E-state index is -0.744. The molecule has 2 aromatic rings. The minimum absolute atomic E-state index is 0.131. The molecule has 1 aromatic heterocycles. The maximum atomic E-state index is 12.0. The second kappa shape index (κ2) is 6.71. The van der Waals surface area contributed by atoms with E-state index < -0.39 is 24.6 Å². The maximum Gasteiger partial charge on any atom is 0.416 e. The van der Waals surface area contributed by atoms with Crippen LogP contribution in [0.3, 0.4) is 0 Å². The van der Waals surface area contributed by atoms with E-state index in [0.29, 0.717) is 16.5 Å². The molecule has 0 radical (unpaired) electrons. The number of fused-ring (bicyclic) bond motifs is 1. The van der Waals surface area contributed by atoms with Gasteiger partial charge in [0.2, 0.25) is 0 Å². The Bertz CT molecular complexity index is 920. The standard InChI is InChI=1S/C16H15N3O6/c1-18-15(22)11-5-3-2-4-10(11)12(17-18)8-14(21)25-9-13(20)19-6-7-24-16(19)23/h2-5H,6-9H2,1H3. The Kier molecular flexibility index (Phi) is 4.46. The Hall–Kier alpha value is -3.23. The van der Waals surface area contributed by atoms with E-state index >= 15 is 0 Å². The highest BCUT2D eigenvalue weighted by Crippen LogP contribution is 2.14. The number of nitrogens with zero attached hydrogens (tertiary/aromatic N) is 3. The summed E-state index contributed by atoms with van der Waals surface area (Å²) in [7, 11) is 1.49. The van der Waals surface area contributed by atoms with Crippen molar-refractivity contribution in [3.05, 3.63) is 40.3 Å². The maximum absolute atomic E-state index is 12.0. The first kappa shape index (κ1) is 16.6. The molecule has 130 valence electrons. The van der Waals surface area contributed by atoms with Gasteiger partial charge in [-0.2, -0.15) is 5.10 Å². The van der Waals surface area contributed by atoms with Crippen LogP contribution in [-0.4, -0.2) is 52.4 Å². The molecule has 0 spiro atoms. The molecule has 0 unspecified atom stereocenters. The van der Waals surface area contributed by atoms with Gasteiger partial charge in [0.05, 0.1) is 24.0 Å². The molecule has 3 rings (SSSR count). The Morgan fingerprint density at radius 3 is 2.64 bits per heavy atom. The summed E-state index contributed by atoms with van der Waals surface area (Å²) >= 11 is 0. The molecule has 9 heteroatoms. The van der Waals surface area contributed by atoms with Gasteiger partial charge in [-0.3, -0.25) is 14.4 Å². The van der Waals surface area contributed by atoms with E-state index in [4.69, 9.17) is 4.74 Å². The molecule has 1 fully saturated rings. The van der Waals surface area contributed by atoms with E-state index in [0.717, 1.165) is 9.58 Å². The topological polar surface area (TPSA) is 108 Å². The number of esters is 1. The summed E-state index contributed by atoms with van der Waals surface area (Å²) in [6.07, 6.45) is -0.946. The Morgan fingerprint density at radius 2 is 1.96 bits per heavy atom. The van der Waals surface area contributed by atoms with Crippen molar-refractivity contribution in [2.45, 2.75) is 6.42 Å². The minimum Gasteiger partial charge on any atom is -0.455 e. The van der Waals surface area contributed by atoms with Gasteiger partial charge in [-0.15, -0.1) is 0 Å². The lowest BCUT2D eigenvalue weighted by Gasteiger charge is -2.11. The molecule has 1 aliphatic rings. The molecule has 1 saturated heterocycles. The lowest BCUT2D eigenvalue weighted by molar-refractivity contribution is -0.150. The number of aryl methyl sites for hydroxylation is 1. The monoisotopic (exact) mass is 345 g/mol. The first-order valence-corrected chi connectivity index (χ1v) is 7.55. The van der Waals surface area contributed by atoms with E-state index in [-0.39, 0.29) is 25.1 Å². The van der Waals surface area contributed by atoms with Crippen molar-refractivity contribution in [1.82, 2.24) is 14.7 Å². The first-order valence-electron chi connectivity index (χ1n) is 7.55. The zero-order chi connectivity index (χ0) is 18.0. The Labute approximate surface area is 141 Å². The summed E-state index contributed by atoms with van der Waals surface area (Å²) in [5, 5.41) is 5.09. The summed E-state index contributed by atoms with van der Waals surface area (Å²) in [5.74, 6) is -1.33. The Morgan fingerprint density at radius 1 is 1.24 bits per heavy atom. The van der Waals surface area contributed by atoms with Gasteiger partial charge >= 0.3 is 12.1 Å². The van der Waals surface area contributed by atoms with Crippen molar-refractivity contribution in [2.24, 2.45) is 7.05 Å². The fourth-order valence-corrected chi connectivity index (χ4v) is 2.53. The van der Waals surface area contributed by atoms with Crippen LogP contribution in [0.15, 0.2) is 29.1 Å². The van der Waals surface area contributed by atoms with E-state index in [1.54, 1.807) is 24.3 Å². The van der Waals surface area contributed by atoms with Crippen molar-refractivity contribution in [2.75, 3.05) is 19.8 Å². The van der Waals surface area contributed by atoms with Gasteiger partial charge in [-0.05, 0) is 6.07 Å². The van der Waals surface area contributed by atoms with E-state index in [2.05, 4.69) is 9.84 Å². The van der Waals surface area contributed by atoms with E-state index in [1.165, 1.54) is 7.05 Å². The van der Waals surface area contributed by atoms with E-state index in [9.17, 15) is 19.2 Å². The van der Waals surface area contributed by atoms with Crippen LogP contribution in [0, 0.1) is 0 Å². The van der Waals surface area contributed by atoms with Crippen LogP contribution in [0.2, 0.25) is 0 Å². The van der Waals surface area contributed by atoms with Gasteiger partial charge in [0, 0.05) is 12.4 Å². The van der Waals surface area contributed by atoms with Gasteiger partial charge < -0.3 is 9.47 Å².